The van der Waals surface area contributed by atoms with Crippen molar-refractivity contribution in [1.29, 1.82) is 0 Å². The van der Waals surface area contributed by atoms with Gasteiger partial charge in [0.15, 0.2) is 11.5 Å². The number of nitrogens with two attached hydrogens (primary N) is 2. The van der Waals surface area contributed by atoms with Crippen LogP contribution < -0.4 is 11.5 Å². The topological polar surface area (TPSA) is 106 Å². The van der Waals surface area contributed by atoms with E-state index in [9.17, 15) is 0 Å². The minimum Gasteiger partial charge on any atom is -0.382 e. The first-order valence-electron chi connectivity index (χ1n) is 5.91. The van der Waals surface area contributed by atoms with E-state index in [0.29, 0.717) is 29.2 Å². The summed E-state index contributed by atoms with van der Waals surface area (Å²) in [7, 11) is 0. The number of H-pyrrole nitrogens is 1. The van der Waals surface area contributed by atoms with Gasteiger partial charge in [-0.15, -0.1) is 0 Å². The number of unbranched alkanes of at least 4 members (excludes halogenated alkanes) is 1. The molecule has 0 radical (unpaired) electrons. The third-order valence-corrected chi connectivity index (χ3v) is 2.73. The minimum absolute atomic E-state index is 0.0886. The maximum Gasteiger partial charge on any atom is 0.183 e. The van der Waals surface area contributed by atoms with Gasteiger partial charge < -0.3 is 16.5 Å². The number of nitrogens with zero attached hydrogens (tertiary/aromatic N) is 3. The van der Waals surface area contributed by atoms with E-state index in [1.807, 2.05) is 0 Å². The fourth-order valence-corrected chi connectivity index (χ4v) is 1.80. The smallest absolute Gasteiger partial charge is 0.183 e. The van der Waals surface area contributed by atoms with Crippen LogP contribution in [0.1, 0.15) is 32.0 Å². The molecule has 2 aromatic heterocycles. The van der Waals surface area contributed by atoms with Crippen LogP contribution in [0.3, 0.4) is 0 Å². The summed E-state index contributed by atoms with van der Waals surface area (Å²) in [5.41, 5.74) is 13.1. The summed E-state index contributed by atoms with van der Waals surface area (Å²) in [5, 5.41) is 0. The molecule has 0 amide bonds. The van der Waals surface area contributed by atoms with Crippen molar-refractivity contribution in [3.05, 3.63) is 12.2 Å². The zero-order valence-corrected chi connectivity index (χ0v) is 9.98. The second kappa shape index (κ2) is 5.09. The molecule has 1 atom stereocenters. The Kier molecular flexibility index (Phi) is 3.53. The van der Waals surface area contributed by atoms with Crippen molar-refractivity contribution in [3.63, 3.8) is 0 Å². The molecule has 2 heterocycles. The maximum absolute atomic E-state index is 6.01. The van der Waals surface area contributed by atoms with E-state index in [-0.39, 0.29) is 6.04 Å². The molecular weight excluding hydrogens is 216 g/mol. The maximum atomic E-state index is 6.01. The fourth-order valence-electron chi connectivity index (χ4n) is 1.80. The Morgan fingerprint density at radius 2 is 2.24 bits per heavy atom. The summed E-state index contributed by atoms with van der Waals surface area (Å²) < 4.78 is 0. The van der Waals surface area contributed by atoms with E-state index in [1.165, 1.54) is 0 Å². The Balaban J connectivity index is 2.13. The van der Waals surface area contributed by atoms with Crippen molar-refractivity contribution in [2.45, 2.75) is 38.6 Å². The van der Waals surface area contributed by atoms with E-state index < -0.39 is 0 Å². The summed E-state index contributed by atoms with van der Waals surface area (Å²) in [6.45, 7) is 2.15. The van der Waals surface area contributed by atoms with Gasteiger partial charge in [-0.1, -0.05) is 19.8 Å². The predicted octanol–water partition coefficient (Wildman–Crippen LogP) is 0.995. The van der Waals surface area contributed by atoms with Crippen LogP contribution in [0.4, 0.5) is 5.82 Å². The second-order valence-corrected chi connectivity index (χ2v) is 4.23. The predicted molar refractivity (Wildman–Crippen MR) is 67.3 cm³/mol. The summed E-state index contributed by atoms with van der Waals surface area (Å²) in [4.78, 5) is 15.6. The van der Waals surface area contributed by atoms with E-state index >= 15 is 0 Å². The first-order chi connectivity index (χ1) is 8.20. The highest BCUT2D eigenvalue weighted by Gasteiger charge is 2.10. The average molecular weight is 234 g/mol. The molecule has 2 rings (SSSR count). The van der Waals surface area contributed by atoms with Crippen molar-refractivity contribution < 1.29 is 0 Å². The zero-order chi connectivity index (χ0) is 12.3. The highest BCUT2D eigenvalue weighted by Crippen LogP contribution is 2.14. The number of hydrogen-bond donors (Lipinski definition) is 3. The Morgan fingerprint density at radius 1 is 1.41 bits per heavy atom. The molecule has 0 aromatic carbocycles. The van der Waals surface area contributed by atoms with Crippen LogP contribution >= 0.6 is 0 Å². The second-order valence-electron chi connectivity index (χ2n) is 4.23. The zero-order valence-electron chi connectivity index (χ0n) is 9.98. The van der Waals surface area contributed by atoms with Crippen molar-refractivity contribution in [1.82, 2.24) is 19.9 Å². The number of hydrogen-bond acceptors (Lipinski definition) is 5. The molecule has 0 bridgehead atoms. The van der Waals surface area contributed by atoms with Gasteiger partial charge >= 0.3 is 0 Å². The SMILES string of the molecule is CCCCC(N)Cc1nc(N)c2[nH]cnc2n1. The van der Waals surface area contributed by atoms with Crippen LogP contribution in [0.25, 0.3) is 11.2 Å². The van der Waals surface area contributed by atoms with E-state index in [4.69, 9.17) is 11.5 Å². The molecular formula is C11H18N6. The Labute approximate surface area is 99.9 Å². The Morgan fingerprint density at radius 3 is 3.00 bits per heavy atom. The van der Waals surface area contributed by atoms with Crippen molar-refractivity contribution in [3.8, 4) is 0 Å². The molecule has 0 aliphatic heterocycles. The van der Waals surface area contributed by atoms with Gasteiger partial charge in [0.2, 0.25) is 0 Å². The number of rotatable bonds is 5. The molecule has 0 saturated carbocycles. The van der Waals surface area contributed by atoms with Gasteiger partial charge in [0.05, 0.1) is 6.33 Å². The van der Waals surface area contributed by atoms with Crippen molar-refractivity contribution >= 4 is 17.0 Å². The van der Waals surface area contributed by atoms with Gasteiger partial charge in [0.25, 0.3) is 0 Å². The molecule has 0 aliphatic rings. The minimum atomic E-state index is 0.0886. The Hall–Kier alpha value is -1.69. The molecule has 92 valence electrons. The van der Waals surface area contributed by atoms with Gasteiger partial charge in [-0.3, -0.25) is 0 Å². The van der Waals surface area contributed by atoms with Crippen molar-refractivity contribution in [2.75, 3.05) is 5.73 Å². The quantitative estimate of drug-likeness (QED) is 0.715. The molecule has 0 saturated heterocycles. The molecule has 6 heteroatoms. The number of nitrogens with one attached hydrogen (secondary N) is 1. The number of nitrogen functional groups attached to an aromatic ring is 1. The van der Waals surface area contributed by atoms with Gasteiger partial charge in [-0.2, -0.15) is 0 Å². The lowest BCUT2D eigenvalue weighted by Crippen LogP contribution is -2.24. The molecule has 6 nitrogen and oxygen atoms in total. The molecule has 0 fully saturated rings. The first kappa shape index (κ1) is 11.8. The van der Waals surface area contributed by atoms with E-state index in [1.54, 1.807) is 6.33 Å². The van der Waals surface area contributed by atoms with Crippen LogP contribution in [0, 0.1) is 0 Å². The fraction of sp³-hybridized carbons (Fsp3) is 0.545. The third-order valence-electron chi connectivity index (χ3n) is 2.73. The molecule has 2 aromatic rings. The molecule has 0 spiro atoms. The highest BCUT2D eigenvalue weighted by molar-refractivity contribution is 5.80. The van der Waals surface area contributed by atoms with Gasteiger partial charge in [0, 0.05) is 12.5 Å². The molecule has 5 N–H and O–H groups in total. The number of anilines is 1. The van der Waals surface area contributed by atoms with Crippen molar-refractivity contribution in [2.24, 2.45) is 5.73 Å². The van der Waals surface area contributed by atoms with Gasteiger partial charge in [-0.25, -0.2) is 15.0 Å². The lowest BCUT2D eigenvalue weighted by Gasteiger charge is -2.09. The lowest BCUT2D eigenvalue weighted by atomic mass is 10.1. The summed E-state index contributed by atoms with van der Waals surface area (Å²) in [6.07, 6.45) is 5.47. The largest absolute Gasteiger partial charge is 0.382 e. The van der Waals surface area contributed by atoms with Gasteiger partial charge in [-0.05, 0) is 6.42 Å². The third kappa shape index (κ3) is 2.71. The molecule has 1 unspecified atom stereocenters. The van der Waals surface area contributed by atoms with Crippen LogP contribution in [0.15, 0.2) is 6.33 Å². The normalized spacial score (nSPS) is 13.1. The standard InChI is InChI=1S/C11H18N6/c1-2-3-4-7(12)5-8-16-10(13)9-11(17-8)15-6-14-9/h6-7H,2-5,12H2,1H3,(H3,13,14,15,16,17). The van der Waals surface area contributed by atoms with Crippen LogP contribution in [0.5, 0.6) is 0 Å². The molecule has 17 heavy (non-hydrogen) atoms. The highest BCUT2D eigenvalue weighted by atomic mass is 15.0. The number of imidazole rings is 1. The monoisotopic (exact) mass is 234 g/mol. The summed E-state index contributed by atoms with van der Waals surface area (Å²) in [5.74, 6) is 1.11. The Bertz CT molecular complexity index is 492. The first-order valence-corrected chi connectivity index (χ1v) is 5.91. The summed E-state index contributed by atoms with van der Waals surface area (Å²) in [6, 6.07) is 0.0886. The van der Waals surface area contributed by atoms with Crippen LogP contribution in [-0.4, -0.2) is 26.0 Å². The number of aromatic amines is 1. The molecule has 0 aliphatic carbocycles. The summed E-state index contributed by atoms with van der Waals surface area (Å²) >= 11 is 0. The van der Waals surface area contributed by atoms with E-state index in [2.05, 4.69) is 26.9 Å². The van der Waals surface area contributed by atoms with Crippen LogP contribution in [-0.2, 0) is 6.42 Å². The van der Waals surface area contributed by atoms with E-state index in [0.717, 1.165) is 19.3 Å². The van der Waals surface area contributed by atoms with Crippen LogP contribution in [0.2, 0.25) is 0 Å². The number of aromatic nitrogens is 4. The lowest BCUT2D eigenvalue weighted by molar-refractivity contribution is 0.562. The van der Waals surface area contributed by atoms with Gasteiger partial charge in [0.1, 0.15) is 11.3 Å². The number of fused-ring (bicyclic) bond motifs is 1. The average Bonchev–Trinajstić information content (AvgIpc) is 2.75.